The van der Waals surface area contributed by atoms with Crippen molar-refractivity contribution >= 4 is 5.91 Å². The summed E-state index contributed by atoms with van der Waals surface area (Å²) >= 11 is 0. The number of nitrogens with two attached hydrogens (primary N) is 1. The molecule has 0 bridgehead atoms. The number of hydrogen-bond acceptors (Lipinski definition) is 2. The predicted octanol–water partition coefficient (Wildman–Crippen LogP) is 0.713. The Morgan fingerprint density at radius 3 is 2.19 bits per heavy atom. The Bertz CT molecular complexity index is 274. The van der Waals surface area contributed by atoms with Crippen LogP contribution in [0.15, 0.2) is 11.6 Å². The van der Waals surface area contributed by atoms with Gasteiger partial charge in [-0.3, -0.25) is 10.2 Å². The first-order valence-electron chi connectivity index (χ1n) is 4.97. The summed E-state index contributed by atoms with van der Waals surface area (Å²) in [5.74, 6) is 6.73. The maximum atomic E-state index is 11.6. The summed E-state index contributed by atoms with van der Waals surface area (Å²) in [6.07, 6.45) is 17.1. The number of carbonyl (C=O) groups is 1. The van der Waals surface area contributed by atoms with Gasteiger partial charge in [0.25, 0.3) is 5.91 Å². The molecule has 0 aromatic carbocycles. The van der Waals surface area contributed by atoms with E-state index in [2.05, 4.69) is 5.43 Å². The van der Waals surface area contributed by atoms with Gasteiger partial charge in [0.05, 0.1) is 0 Å². The number of rotatable bonds is 3. The van der Waals surface area contributed by atoms with Crippen molar-refractivity contribution < 1.29 is 4.79 Å². The number of carbonyl (C=O) groups excluding carboxylic acids is 1. The number of allylic oxidation sites excluding steroid dienone is 1. The van der Waals surface area contributed by atoms with Crippen molar-refractivity contribution in [2.24, 2.45) is 5.84 Å². The molecule has 2 aliphatic carbocycles. The monoisotopic (exact) mass is 212 g/mol. The molecule has 2 rings (SSSR count). The largest absolute Gasteiger partial charge is 0.290 e. The fraction of sp³-hybridized carbons (Fsp3) is 0. The lowest BCUT2D eigenvalue weighted by molar-refractivity contribution is -0.117. The Kier molecular flexibility index (Phi) is 3.99. The Morgan fingerprint density at radius 2 is 1.62 bits per heavy atom. The first-order valence-corrected chi connectivity index (χ1v) is 4.97. The molecular formula is C13H12N2O. The molecule has 2 saturated carbocycles. The summed E-state index contributed by atoms with van der Waals surface area (Å²) in [5.41, 5.74) is 2.73. The molecule has 3 heteroatoms. The van der Waals surface area contributed by atoms with Crippen LogP contribution in [0.1, 0.15) is 0 Å². The van der Waals surface area contributed by atoms with Crippen molar-refractivity contribution in [2.75, 3.05) is 0 Å². The van der Waals surface area contributed by atoms with E-state index in [-0.39, 0.29) is 5.91 Å². The van der Waals surface area contributed by atoms with Crippen LogP contribution in [0.25, 0.3) is 0 Å². The second-order valence-corrected chi connectivity index (χ2v) is 3.42. The lowest BCUT2D eigenvalue weighted by Crippen LogP contribution is -2.33. The summed E-state index contributed by atoms with van der Waals surface area (Å²) in [6, 6.07) is 0. The van der Waals surface area contributed by atoms with Gasteiger partial charge in [0.1, 0.15) is 0 Å². The van der Waals surface area contributed by atoms with Gasteiger partial charge in [-0.25, -0.2) is 5.84 Å². The van der Waals surface area contributed by atoms with Crippen LogP contribution in [0, 0.1) is 63.2 Å². The van der Waals surface area contributed by atoms with Crippen LogP contribution in [0.5, 0.6) is 0 Å². The summed E-state index contributed by atoms with van der Waals surface area (Å²) in [4.78, 5) is 11.6. The molecule has 0 atom stereocenters. The second kappa shape index (κ2) is 5.48. The topological polar surface area (TPSA) is 55.1 Å². The highest BCUT2D eigenvalue weighted by Gasteiger charge is 2.27. The molecule has 0 aliphatic heterocycles. The number of amides is 1. The van der Waals surface area contributed by atoms with E-state index < -0.39 is 0 Å². The molecule has 0 unspecified atom stereocenters. The zero-order valence-electron chi connectivity index (χ0n) is 8.68. The lowest BCUT2D eigenvalue weighted by Gasteiger charge is -2.13. The Hall–Kier alpha value is -0.830. The van der Waals surface area contributed by atoms with Crippen molar-refractivity contribution in [3.05, 3.63) is 74.9 Å². The summed E-state index contributed by atoms with van der Waals surface area (Å²) in [6.45, 7) is 0. The Balaban J connectivity index is 2.08. The first-order chi connectivity index (χ1) is 7.81. The van der Waals surface area contributed by atoms with Gasteiger partial charge in [-0.15, -0.1) is 0 Å². The van der Waals surface area contributed by atoms with Crippen LogP contribution in [0.2, 0.25) is 0 Å². The van der Waals surface area contributed by atoms with E-state index in [1.54, 1.807) is 0 Å². The molecule has 2 aliphatic rings. The smallest absolute Gasteiger partial charge is 0.261 e. The zero-order valence-corrected chi connectivity index (χ0v) is 8.68. The maximum absolute atomic E-state index is 11.6. The van der Waals surface area contributed by atoms with Crippen LogP contribution in [0.4, 0.5) is 0 Å². The normalized spacial score (nSPS) is 23.9. The highest BCUT2D eigenvalue weighted by Crippen LogP contribution is 2.33. The van der Waals surface area contributed by atoms with E-state index in [4.69, 9.17) is 5.84 Å². The summed E-state index contributed by atoms with van der Waals surface area (Å²) < 4.78 is 0. The Labute approximate surface area is 97.4 Å². The third kappa shape index (κ3) is 2.64. The minimum Gasteiger partial charge on any atom is -0.290 e. The maximum Gasteiger partial charge on any atom is 0.261 e. The third-order valence-corrected chi connectivity index (χ3v) is 2.35. The molecule has 0 aromatic rings. The van der Waals surface area contributed by atoms with Crippen molar-refractivity contribution in [1.29, 1.82) is 0 Å². The minimum atomic E-state index is -0.285. The van der Waals surface area contributed by atoms with E-state index in [1.165, 1.54) is 0 Å². The SMILES string of the molecule is NNC(=O)/C(=C/[C]1[CH][CH][CH][CH]1)[C]1[CH][CH][CH][CH]1. The molecule has 3 N–H and O–H groups in total. The van der Waals surface area contributed by atoms with E-state index in [1.807, 2.05) is 57.4 Å². The molecule has 0 saturated heterocycles. The Morgan fingerprint density at radius 1 is 1.06 bits per heavy atom. The van der Waals surface area contributed by atoms with Gasteiger partial charge >= 0.3 is 0 Å². The number of hydrazine groups is 1. The number of hydrogen-bond donors (Lipinski definition) is 2. The minimum absolute atomic E-state index is 0.285. The molecule has 1 amide bonds. The standard InChI is InChI=1S/C13H12N2O/c14-15-13(16)12(11-7-3-4-8-11)9-10-5-1-2-6-10/h1-9H,14H2,(H,15,16)/b12-9+. The molecular weight excluding hydrogens is 200 g/mol. The summed E-state index contributed by atoms with van der Waals surface area (Å²) in [7, 11) is 0. The van der Waals surface area contributed by atoms with Crippen molar-refractivity contribution in [2.45, 2.75) is 0 Å². The zero-order chi connectivity index (χ0) is 11.4. The molecule has 80 valence electrons. The third-order valence-electron chi connectivity index (χ3n) is 2.35. The van der Waals surface area contributed by atoms with Gasteiger partial charge in [0.2, 0.25) is 0 Å². The predicted molar refractivity (Wildman–Crippen MR) is 61.3 cm³/mol. The molecule has 0 aromatic heterocycles. The van der Waals surface area contributed by atoms with Crippen LogP contribution in [-0.2, 0) is 4.79 Å². The van der Waals surface area contributed by atoms with Gasteiger partial charge in [-0.05, 0) is 51.4 Å². The van der Waals surface area contributed by atoms with Gasteiger partial charge in [0, 0.05) is 17.4 Å². The lowest BCUT2D eigenvalue weighted by atomic mass is 9.92. The highest BCUT2D eigenvalue weighted by molar-refractivity contribution is 5.98. The van der Waals surface area contributed by atoms with Crippen LogP contribution >= 0.6 is 0 Å². The van der Waals surface area contributed by atoms with Gasteiger partial charge in [0.15, 0.2) is 0 Å². The van der Waals surface area contributed by atoms with E-state index in [0.717, 1.165) is 11.8 Å². The average Bonchev–Trinajstić information content (AvgIpc) is 2.97. The van der Waals surface area contributed by atoms with E-state index >= 15 is 0 Å². The van der Waals surface area contributed by atoms with Gasteiger partial charge < -0.3 is 0 Å². The van der Waals surface area contributed by atoms with Crippen LogP contribution in [-0.4, -0.2) is 5.91 Å². The van der Waals surface area contributed by atoms with Crippen LogP contribution < -0.4 is 11.3 Å². The van der Waals surface area contributed by atoms with Crippen LogP contribution in [0.3, 0.4) is 0 Å². The molecule has 0 spiro atoms. The fourth-order valence-corrected chi connectivity index (χ4v) is 1.56. The van der Waals surface area contributed by atoms with E-state index in [9.17, 15) is 4.79 Å². The molecule has 0 heterocycles. The molecule has 16 heavy (non-hydrogen) atoms. The second-order valence-electron chi connectivity index (χ2n) is 3.42. The summed E-state index contributed by atoms with van der Waals surface area (Å²) in [5, 5.41) is 0. The molecule has 10 radical (unpaired) electrons. The van der Waals surface area contributed by atoms with Gasteiger partial charge in [-0.2, -0.15) is 0 Å². The quantitative estimate of drug-likeness (QED) is 0.313. The van der Waals surface area contributed by atoms with Crippen molar-refractivity contribution in [3.63, 3.8) is 0 Å². The van der Waals surface area contributed by atoms with Crippen molar-refractivity contribution in [3.8, 4) is 0 Å². The average molecular weight is 212 g/mol. The fourth-order valence-electron chi connectivity index (χ4n) is 1.56. The highest BCUT2D eigenvalue weighted by atomic mass is 16.2. The number of nitrogens with one attached hydrogen (secondary N) is 1. The van der Waals surface area contributed by atoms with E-state index in [0.29, 0.717) is 5.57 Å². The van der Waals surface area contributed by atoms with Crippen molar-refractivity contribution in [1.82, 2.24) is 5.43 Å². The molecule has 3 nitrogen and oxygen atoms in total. The first kappa shape index (κ1) is 11.6. The molecule has 2 fully saturated rings. The van der Waals surface area contributed by atoms with Gasteiger partial charge in [-0.1, -0.05) is 6.08 Å².